The highest BCUT2D eigenvalue weighted by Gasteiger charge is 2.33. The van der Waals surface area contributed by atoms with Gasteiger partial charge in [-0.3, -0.25) is 4.90 Å². The number of nitrogens with zero attached hydrogens (tertiary/aromatic N) is 1. The Morgan fingerprint density at radius 2 is 1.80 bits per heavy atom. The predicted molar refractivity (Wildman–Crippen MR) is 77.6 cm³/mol. The van der Waals surface area contributed by atoms with E-state index in [-0.39, 0.29) is 12.2 Å². The van der Waals surface area contributed by atoms with E-state index in [1.165, 1.54) is 0 Å². The largest absolute Gasteiger partial charge is 0.463 e. The maximum absolute atomic E-state index is 5.85. The fourth-order valence-corrected chi connectivity index (χ4v) is 2.53. The van der Waals surface area contributed by atoms with Crippen LogP contribution < -0.4 is 5.32 Å². The van der Waals surface area contributed by atoms with E-state index in [1.807, 2.05) is 6.07 Å². The molecule has 1 fully saturated rings. The Morgan fingerprint density at radius 1 is 1.20 bits per heavy atom. The van der Waals surface area contributed by atoms with E-state index in [0.29, 0.717) is 6.04 Å². The van der Waals surface area contributed by atoms with Gasteiger partial charge in [0, 0.05) is 33.4 Å². The zero-order chi connectivity index (χ0) is 14.5. The van der Waals surface area contributed by atoms with E-state index >= 15 is 0 Å². The predicted octanol–water partition coefficient (Wildman–Crippen LogP) is 1.62. The lowest BCUT2D eigenvalue weighted by Gasteiger charge is -2.13. The van der Waals surface area contributed by atoms with Crippen LogP contribution in [0.5, 0.6) is 0 Å². The molecule has 0 aliphatic carbocycles. The topological polar surface area (TPSA) is 46.9 Å². The molecule has 0 spiro atoms. The molecule has 1 N–H and O–H groups in total. The Hall–Kier alpha value is -0.880. The van der Waals surface area contributed by atoms with Crippen molar-refractivity contribution >= 4 is 0 Å². The van der Waals surface area contributed by atoms with Gasteiger partial charge in [0.2, 0.25) is 0 Å². The first-order chi connectivity index (χ1) is 9.62. The number of hydrogen-bond acceptors (Lipinski definition) is 5. The molecular weight excluding hydrogens is 256 g/mol. The van der Waals surface area contributed by atoms with Crippen LogP contribution in [0, 0.1) is 0 Å². The fraction of sp³-hybridized carbons (Fsp3) is 0.733. The summed E-state index contributed by atoms with van der Waals surface area (Å²) in [5, 5.41) is 3.35. The van der Waals surface area contributed by atoms with Crippen molar-refractivity contribution in [2.45, 2.75) is 45.2 Å². The molecule has 20 heavy (non-hydrogen) atoms. The van der Waals surface area contributed by atoms with Crippen LogP contribution in [-0.2, 0) is 22.6 Å². The Labute approximate surface area is 121 Å². The van der Waals surface area contributed by atoms with Gasteiger partial charge in [0.25, 0.3) is 0 Å². The molecule has 5 heteroatoms. The van der Waals surface area contributed by atoms with Crippen molar-refractivity contribution < 1.29 is 13.9 Å². The highest BCUT2D eigenvalue weighted by atomic mass is 16.5. The number of rotatable bonds is 7. The van der Waals surface area contributed by atoms with Gasteiger partial charge < -0.3 is 19.2 Å². The van der Waals surface area contributed by atoms with Crippen molar-refractivity contribution in [2.75, 3.05) is 27.3 Å². The standard InChI is InChI=1S/C15H26N2O3/c1-11(2)16-7-12-5-6-13(20-12)8-17-9-14(18-3)15(10-17)19-4/h5-6,11,14-16H,7-10H2,1-4H3. The van der Waals surface area contributed by atoms with Gasteiger partial charge in [-0.15, -0.1) is 0 Å². The first-order valence-electron chi connectivity index (χ1n) is 7.21. The number of nitrogens with one attached hydrogen (secondary N) is 1. The van der Waals surface area contributed by atoms with Gasteiger partial charge in [0.15, 0.2) is 0 Å². The Kier molecular flexibility index (Phi) is 5.60. The molecular formula is C15H26N2O3. The van der Waals surface area contributed by atoms with Crippen molar-refractivity contribution in [1.82, 2.24) is 10.2 Å². The van der Waals surface area contributed by atoms with Gasteiger partial charge in [-0.25, -0.2) is 0 Å². The molecule has 114 valence electrons. The van der Waals surface area contributed by atoms with Gasteiger partial charge in [0.05, 0.1) is 25.3 Å². The molecule has 1 aromatic heterocycles. The van der Waals surface area contributed by atoms with E-state index < -0.39 is 0 Å². The molecule has 1 aliphatic rings. The number of likely N-dealkylation sites (tertiary alicyclic amines) is 1. The fourth-order valence-electron chi connectivity index (χ4n) is 2.53. The molecule has 5 nitrogen and oxygen atoms in total. The lowest BCUT2D eigenvalue weighted by atomic mass is 10.3. The van der Waals surface area contributed by atoms with Gasteiger partial charge in [-0.05, 0) is 12.1 Å². The third-order valence-corrected chi connectivity index (χ3v) is 3.68. The second-order valence-electron chi connectivity index (χ2n) is 5.65. The van der Waals surface area contributed by atoms with Crippen molar-refractivity contribution in [3.63, 3.8) is 0 Å². The van der Waals surface area contributed by atoms with Crippen molar-refractivity contribution in [2.24, 2.45) is 0 Å². The molecule has 0 bridgehead atoms. The third kappa shape index (κ3) is 4.06. The molecule has 1 aromatic rings. The smallest absolute Gasteiger partial charge is 0.118 e. The third-order valence-electron chi connectivity index (χ3n) is 3.68. The zero-order valence-corrected chi connectivity index (χ0v) is 12.9. The maximum atomic E-state index is 5.85. The number of furan rings is 1. The zero-order valence-electron chi connectivity index (χ0n) is 12.9. The molecule has 0 radical (unpaired) electrons. The molecule has 2 atom stereocenters. The van der Waals surface area contributed by atoms with Crippen LogP contribution in [0.1, 0.15) is 25.4 Å². The summed E-state index contributed by atoms with van der Waals surface area (Å²) in [5.74, 6) is 1.98. The van der Waals surface area contributed by atoms with Crippen LogP contribution in [0.4, 0.5) is 0 Å². The van der Waals surface area contributed by atoms with E-state index in [1.54, 1.807) is 14.2 Å². The second-order valence-corrected chi connectivity index (χ2v) is 5.65. The lowest BCUT2D eigenvalue weighted by molar-refractivity contribution is -0.00461. The summed E-state index contributed by atoms with van der Waals surface area (Å²) in [4.78, 5) is 2.31. The number of hydrogen-bond donors (Lipinski definition) is 1. The van der Waals surface area contributed by atoms with Crippen LogP contribution in [0.15, 0.2) is 16.5 Å². The quantitative estimate of drug-likeness (QED) is 0.823. The second kappa shape index (κ2) is 7.22. The number of ether oxygens (including phenoxy) is 2. The van der Waals surface area contributed by atoms with E-state index in [2.05, 4.69) is 30.1 Å². The SMILES string of the molecule is COC1CN(Cc2ccc(CNC(C)C)o2)CC1OC. The van der Waals surface area contributed by atoms with Gasteiger partial charge >= 0.3 is 0 Å². The van der Waals surface area contributed by atoms with Crippen LogP contribution in [0.25, 0.3) is 0 Å². The summed E-state index contributed by atoms with van der Waals surface area (Å²) in [6, 6.07) is 4.56. The van der Waals surface area contributed by atoms with Gasteiger partial charge in [-0.2, -0.15) is 0 Å². The summed E-state index contributed by atoms with van der Waals surface area (Å²) < 4.78 is 16.7. The first-order valence-corrected chi connectivity index (χ1v) is 7.21. The Morgan fingerprint density at radius 3 is 2.35 bits per heavy atom. The number of methoxy groups -OCH3 is 2. The highest BCUT2D eigenvalue weighted by molar-refractivity contribution is 5.07. The molecule has 2 heterocycles. The minimum absolute atomic E-state index is 0.150. The molecule has 1 saturated heterocycles. The molecule has 0 saturated carbocycles. The minimum atomic E-state index is 0.150. The van der Waals surface area contributed by atoms with Crippen molar-refractivity contribution in [3.8, 4) is 0 Å². The van der Waals surface area contributed by atoms with E-state index in [0.717, 1.165) is 37.7 Å². The molecule has 0 amide bonds. The average Bonchev–Trinajstić information content (AvgIpc) is 3.03. The van der Waals surface area contributed by atoms with Crippen molar-refractivity contribution in [1.29, 1.82) is 0 Å². The van der Waals surface area contributed by atoms with Gasteiger partial charge in [-0.1, -0.05) is 13.8 Å². The Bertz CT molecular complexity index is 394. The van der Waals surface area contributed by atoms with E-state index in [9.17, 15) is 0 Å². The van der Waals surface area contributed by atoms with Crippen LogP contribution in [0.3, 0.4) is 0 Å². The summed E-state index contributed by atoms with van der Waals surface area (Å²) in [5.41, 5.74) is 0. The van der Waals surface area contributed by atoms with Gasteiger partial charge in [0.1, 0.15) is 11.5 Å². The highest BCUT2D eigenvalue weighted by Crippen LogP contribution is 2.19. The van der Waals surface area contributed by atoms with Crippen LogP contribution in [0.2, 0.25) is 0 Å². The van der Waals surface area contributed by atoms with Crippen molar-refractivity contribution in [3.05, 3.63) is 23.7 Å². The van der Waals surface area contributed by atoms with E-state index in [4.69, 9.17) is 13.9 Å². The van der Waals surface area contributed by atoms with Crippen LogP contribution in [-0.4, -0.2) is 50.5 Å². The summed E-state index contributed by atoms with van der Waals surface area (Å²) in [7, 11) is 3.48. The normalized spacial score (nSPS) is 23.9. The summed E-state index contributed by atoms with van der Waals surface area (Å²) >= 11 is 0. The monoisotopic (exact) mass is 282 g/mol. The summed E-state index contributed by atoms with van der Waals surface area (Å²) in [6.45, 7) is 7.61. The summed E-state index contributed by atoms with van der Waals surface area (Å²) in [6.07, 6.45) is 0.300. The lowest BCUT2D eigenvalue weighted by Crippen LogP contribution is -2.27. The Balaban J connectivity index is 1.85. The maximum Gasteiger partial charge on any atom is 0.118 e. The molecule has 1 aliphatic heterocycles. The van der Waals surface area contributed by atoms with Crippen LogP contribution >= 0.6 is 0 Å². The molecule has 2 rings (SSSR count). The average molecular weight is 282 g/mol. The minimum Gasteiger partial charge on any atom is -0.463 e. The molecule has 2 unspecified atom stereocenters. The first kappa shape index (κ1) is 15.5. The molecule has 0 aromatic carbocycles.